The van der Waals surface area contributed by atoms with Crippen LogP contribution in [-0.2, 0) is 4.79 Å². The number of fused-ring (bicyclic) bond motifs is 1. The van der Waals surface area contributed by atoms with Crippen LogP contribution in [0.5, 0.6) is 0 Å². The van der Waals surface area contributed by atoms with Gasteiger partial charge in [0.15, 0.2) is 5.78 Å². The van der Waals surface area contributed by atoms with Crippen LogP contribution in [0.4, 0.5) is 0 Å². The maximum Gasteiger partial charge on any atom is 0.173 e. The van der Waals surface area contributed by atoms with Crippen molar-refractivity contribution in [2.24, 2.45) is 0 Å². The fraction of sp³-hybridized carbons (Fsp3) is 0.167. The summed E-state index contributed by atoms with van der Waals surface area (Å²) in [7, 11) is 0. The van der Waals surface area contributed by atoms with Crippen molar-refractivity contribution in [1.29, 1.82) is 0 Å². The maximum atomic E-state index is 10.7. The molecule has 0 saturated carbocycles. The minimum atomic E-state index is 0.222. The molecular formula is C6H4OS. The first-order chi connectivity index (χ1) is 3.88. The Balaban J connectivity index is 2.40. The van der Waals surface area contributed by atoms with E-state index in [2.05, 4.69) is 0 Å². The Morgan fingerprint density at radius 3 is 3.12 bits per heavy atom. The molecule has 2 heteroatoms. The van der Waals surface area contributed by atoms with Crippen molar-refractivity contribution in [2.75, 3.05) is 0 Å². The second-order valence-corrected chi connectivity index (χ2v) is 3.01. The van der Waals surface area contributed by atoms with Crippen LogP contribution in [0.2, 0.25) is 0 Å². The molecular weight excluding hydrogens is 120 g/mol. The predicted molar refractivity (Wildman–Crippen MR) is 33.6 cm³/mol. The molecule has 0 N–H and O–H groups in total. The Bertz CT molecular complexity index is 201. The van der Waals surface area contributed by atoms with Crippen LogP contribution < -0.4 is 0 Å². The Morgan fingerprint density at radius 1 is 1.62 bits per heavy atom. The summed E-state index contributed by atoms with van der Waals surface area (Å²) in [6.45, 7) is 0. The fourth-order valence-corrected chi connectivity index (χ4v) is 1.50. The van der Waals surface area contributed by atoms with E-state index in [-0.39, 0.29) is 11.0 Å². The normalized spacial score (nSPS) is 31.8. The van der Waals surface area contributed by atoms with Crippen LogP contribution in [0.25, 0.3) is 0 Å². The maximum absolute atomic E-state index is 10.7. The number of hydrogen-bond acceptors (Lipinski definition) is 2. The molecule has 0 aromatic heterocycles. The lowest BCUT2D eigenvalue weighted by Crippen LogP contribution is -2.00. The van der Waals surface area contributed by atoms with Crippen LogP contribution in [0, 0.1) is 0 Å². The average Bonchev–Trinajstić information content (AvgIpc) is 2.45. The first kappa shape index (κ1) is 4.39. The number of allylic oxidation sites excluding steroid dienone is 3. The molecule has 1 aliphatic heterocycles. The quantitative estimate of drug-likeness (QED) is 0.450. The molecule has 1 atom stereocenters. The Kier molecular flexibility index (Phi) is 0.690. The summed E-state index contributed by atoms with van der Waals surface area (Å²) in [5.41, 5.74) is 0. The zero-order chi connectivity index (χ0) is 5.56. The van der Waals surface area contributed by atoms with Crippen LogP contribution in [0.3, 0.4) is 0 Å². The van der Waals surface area contributed by atoms with Gasteiger partial charge in [0.25, 0.3) is 0 Å². The van der Waals surface area contributed by atoms with Crippen LogP contribution in [-0.4, -0.2) is 11.0 Å². The zero-order valence-electron chi connectivity index (χ0n) is 4.13. The van der Waals surface area contributed by atoms with Crippen molar-refractivity contribution in [3.8, 4) is 0 Å². The lowest BCUT2D eigenvalue weighted by molar-refractivity contribution is -0.113. The molecule has 1 saturated heterocycles. The number of carbonyl (C=O) groups excluding carboxylic acids is 1. The SMILES string of the molecule is O=C1C=CC=C2SC12. The number of hydrogen-bond donors (Lipinski definition) is 0. The second kappa shape index (κ2) is 1.26. The Hall–Kier alpha value is -0.500. The van der Waals surface area contributed by atoms with Gasteiger partial charge < -0.3 is 0 Å². The summed E-state index contributed by atoms with van der Waals surface area (Å²) < 4.78 is 0. The van der Waals surface area contributed by atoms with Crippen molar-refractivity contribution in [3.05, 3.63) is 23.1 Å². The van der Waals surface area contributed by atoms with Crippen molar-refractivity contribution in [3.63, 3.8) is 0 Å². The molecule has 1 aliphatic carbocycles. The average molecular weight is 124 g/mol. The third-order valence-corrected chi connectivity index (χ3v) is 2.35. The van der Waals surface area contributed by atoms with Gasteiger partial charge in [0.1, 0.15) is 5.25 Å². The largest absolute Gasteiger partial charge is 0.293 e. The van der Waals surface area contributed by atoms with E-state index in [9.17, 15) is 4.79 Å². The number of ketones is 1. The van der Waals surface area contributed by atoms with Gasteiger partial charge in [-0.1, -0.05) is 12.2 Å². The van der Waals surface area contributed by atoms with E-state index in [0.29, 0.717) is 0 Å². The van der Waals surface area contributed by atoms with Gasteiger partial charge in [0.05, 0.1) is 0 Å². The lowest BCUT2D eigenvalue weighted by Gasteiger charge is -1.86. The summed E-state index contributed by atoms with van der Waals surface area (Å²) in [5.74, 6) is 0.257. The first-order valence-corrected chi connectivity index (χ1v) is 3.34. The smallest absolute Gasteiger partial charge is 0.173 e. The molecule has 0 amide bonds. The van der Waals surface area contributed by atoms with E-state index >= 15 is 0 Å². The van der Waals surface area contributed by atoms with Crippen molar-refractivity contribution in [2.45, 2.75) is 5.25 Å². The Morgan fingerprint density at radius 2 is 2.50 bits per heavy atom. The van der Waals surface area contributed by atoms with E-state index in [0.717, 1.165) is 0 Å². The molecule has 1 heterocycles. The lowest BCUT2D eigenvalue weighted by atomic mass is 10.2. The second-order valence-electron chi connectivity index (χ2n) is 1.83. The van der Waals surface area contributed by atoms with Crippen molar-refractivity contribution < 1.29 is 4.79 Å². The predicted octanol–water partition coefficient (Wildman–Crippen LogP) is 1.12. The third kappa shape index (κ3) is 0.464. The highest BCUT2D eigenvalue weighted by atomic mass is 32.2. The summed E-state index contributed by atoms with van der Waals surface area (Å²) in [6, 6.07) is 0. The number of rotatable bonds is 0. The zero-order valence-corrected chi connectivity index (χ0v) is 4.94. The van der Waals surface area contributed by atoms with E-state index in [1.807, 2.05) is 12.2 Å². The van der Waals surface area contributed by atoms with E-state index in [1.54, 1.807) is 17.8 Å². The van der Waals surface area contributed by atoms with E-state index < -0.39 is 0 Å². The molecule has 0 aromatic carbocycles. The molecule has 40 valence electrons. The minimum Gasteiger partial charge on any atom is -0.293 e. The highest BCUT2D eigenvalue weighted by molar-refractivity contribution is 8.12. The molecule has 2 aliphatic rings. The van der Waals surface area contributed by atoms with Gasteiger partial charge >= 0.3 is 0 Å². The number of carbonyl (C=O) groups is 1. The first-order valence-electron chi connectivity index (χ1n) is 2.47. The third-order valence-electron chi connectivity index (χ3n) is 1.23. The van der Waals surface area contributed by atoms with Crippen molar-refractivity contribution in [1.82, 2.24) is 0 Å². The van der Waals surface area contributed by atoms with Crippen LogP contribution in [0.1, 0.15) is 0 Å². The number of thioether (sulfide) groups is 1. The van der Waals surface area contributed by atoms with Gasteiger partial charge in [-0.3, -0.25) is 4.79 Å². The monoisotopic (exact) mass is 124 g/mol. The van der Waals surface area contributed by atoms with Gasteiger partial charge in [0.2, 0.25) is 0 Å². The molecule has 0 bridgehead atoms. The van der Waals surface area contributed by atoms with E-state index in [4.69, 9.17) is 0 Å². The van der Waals surface area contributed by atoms with E-state index in [1.165, 1.54) is 4.91 Å². The van der Waals surface area contributed by atoms with Gasteiger partial charge in [-0.15, -0.1) is 11.8 Å². The Labute approximate surface area is 51.5 Å². The summed E-state index contributed by atoms with van der Waals surface area (Å²) in [5, 5.41) is 0.222. The summed E-state index contributed by atoms with van der Waals surface area (Å²) >= 11 is 1.66. The molecule has 0 spiro atoms. The minimum absolute atomic E-state index is 0.222. The molecule has 1 fully saturated rings. The van der Waals surface area contributed by atoms with Crippen LogP contribution >= 0.6 is 11.8 Å². The van der Waals surface area contributed by atoms with Gasteiger partial charge in [-0.25, -0.2) is 0 Å². The topological polar surface area (TPSA) is 17.1 Å². The van der Waals surface area contributed by atoms with Gasteiger partial charge in [0, 0.05) is 4.91 Å². The fourth-order valence-electron chi connectivity index (χ4n) is 0.752. The molecule has 2 rings (SSSR count). The highest BCUT2D eigenvalue weighted by Gasteiger charge is 2.37. The molecule has 1 unspecified atom stereocenters. The van der Waals surface area contributed by atoms with Gasteiger partial charge in [-0.2, -0.15) is 0 Å². The molecule has 0 radical (unpaired) electrons. The molecule has 1 nitrogen and oxygen atoms in total. The molecule has 0 aromatic rings. The molecule has 8 heavy (non-hydrogen) atoms. The summed E-state index contributed by atoms with van der Waals surface area (Å²) in [4.78, 5) is 11.9. The summed E-state index contributed by atoms with van der Waals surface area (Å²) in [6.07, 6.45) is 5.44. The van der Waals surface area contributed by atoms with Crippen molar-refractivity contribution >= 4 is 17.5 Å². The highest BCUT2D eigenvalue weighted by Crippen LogP contribution is 2.48. The standard InChI is InChI=1S/C6H4OS/c7-4-2-1-3-5-6(4)8-5/h1-3,6H. The van der Waals surface area contributed by atoms with Gasteiger partial charge in [-0.05, 0) is 6.08 Å². The van der Waals surface area contributed by atoms with Crippen LogP contribution in [0.15, 0.2) is 23.1 Å².